The minimum absolute atomic E-state index is 0.599. The van der Waals surface area contributed by atoms with Crippen LogP contribution in [0.3, 0.4) is 0 Å². The molecular formula is C12H25ClN2O. The van der Waals surface area contributed by atoms with Crippen LogP contribution in [0.1, 0.15) is 20.3 Å². The molecule has 0 saturated carbocycles. The number of ether oxygens (including phenoxy) is 1. The summed E-state index contributed by atoms with van der Waals surface area (Å²) in [5.74, 6) is 0.599. The normalized spacial score (nSPS) is 21.2. The van der Waals surface area contributed by atoms with Crippen LogP contribution >= 0.6 is 11.6 Å². The first-order valence-corrected chi connectivity index (χ1v) is 6.91. The van der Waals surface area contributed by atoms with E-state index < -0.39 is 0 Å². The third-order valence-electron chi connectivity index (χ3n) is 3.39. The quantitative estimate of drug-likeness (QED) is 0.504. The van der Waals surface area contributed by atoms with Gasteiger partial charge < -0.3 is 4.74 Å². The molecular weight excluding hydrogens is 224 g/mol. The summed E-state index contributed by atoms with van der Waals surface area (Å²) < 4.78 is 5.39. The second-order valence-electron chi connectivity index (χ2n) is 4.44. The van der Waals surface area contributed by atoms with E-state index in [1.807, 2.05) is 0 Å². The van der Waals surface area contributed by atoms with Crippen molar-refractivity contribution in [3.8, 4) is 0 Å². The summed E-state index contributed by atoms with van der Waals surface area (Å²) >= 11 is 5.55. The third kappa shape index (κ3) is 5.00. The molecule has 1 unspecified atom stereocenters. The van der Waals surface area contributed by atoms with E-state index in [1.165, 1.54) is 32.6 Å². The Bertz CT molecular complexity index is 172. The predicted octanol–water partition coefficient (Wildman–Crippen LogP) is 1.66. The molecule has 0 spiro atoms. The average molecular weight is 249 g/mol. The molecule has 1 aliphatic heterocycles. The smallest absolute Gasteiger partial charge is 0.0602 e. The lowest BCUT2D eigenvalue weighted by Crippen LogP contribution is -2.50. The van der Waals surface area contributed by atoms with Gasteiger partial charge in [-0.3, -0.25) is 9.80 Å². The highest BCUT2D eigenvalue weighted by atomic mass is 35.5. The molecule has 0 amide bonds. The van der Waals surface area contributed by atoms with Gasteiger partial charge in [0, 0.05) is 44.6 Å². The second kappa shape index (κ2) is 8.29. The van der Waals surface area contributed by atoms with Gasteiger partial charge in [0.1, 0.15) is 0 Å². The lowest BCUT2D eigenvalue weighted by Gasteiger charge is -2.37. The minimum atomic E-state index is 0.599. The molecule has 0 aromatic carbocycles. The van der Waals surface area contributed by atoms with Crippen LogP contribution in [-0.2, 0) is 4.74 Å². The summed E-state index contributed by atoms with van der Waals surface area (Å²) in [6, 6.07) is 0.731. The molecule has 3 nitrogen and oxygen atoms in total. The largest absolute Gasteiger partial charge is 0.379 e. The first-order valence-electron chi connectivity index (χ1n) is 6.38. The number of piperazine rings is 1. The molecule has 1 rings (SSSR count). The topological polar surface area (TPSA) is 15.7 Å². The van der Waals surface area contributed by atoms with Gasteiger partial charge in [-0.05, 0) is 13.3 Å². The molecule has 0 aromatic heterocycles. The zero-order valence-corrected chi connectivity index (χ0v) is 11.4. The number of hydrogen-bond acceptors (Lipinski definition) is 3. The SMILES string of the molecule is CCC(C)N1CCN(CCOCCCl)CC1. The minimum Gasteiger partial charge on any atom is -0.379 e. The van der Waals surface area contributed by atoms with Crippen LogP contribution in [0.2, 0.25) is 0 Å². The number of rotatable bonds is 7. The Morgan fingerprint density at radius 2 is 1.88 bits per heavy atom. The zero-order valence-electron chi connectivity index (χ0n) is 10.6. The van der Waals surface area contributed by atoms with Gasteiger partial charge in [0.15, 0.2) is 0 Å². The number of hydrogen-bond donors (Lipinski definition) is 0. The van der Waals surface area contributed by atoms with E-state index in [9.17, 15) is 0 Å². The number of alkyl halides is 1. The van der Waals surface area contributed by atoms with Crippen LogP contribution in [0.25, 0.3) is 0 Å². The summed E-state index contributed by atoms with van der Waals surface area (Å²) in [4.78, 5) is 5.06. The van der Waals surface area contributed by atoms with Crippen LogP contribution in [0, 0.1) is 0 Å². The molecule has 0 bridgehead atoms. The van der Waals surface area contributed by atoms with Crippen LogP contribution in [0.4, 0.5) is 0 Å². The van der Waals surface area contributed by atoms with Crippen molar-refractivity contribution in [2.24, 2.45) is 0 Å². The lowest BCUT2D eigenvalue weighted by molar-refractivity contribution is 0.0674. The van der Waals surface area contributed by atoms with Gasteiger partial charge in [0.05, 0.1) is 13.2 Å². The van der Waals surface area contributed by atoms with E-state index in [-0.39, 0.29) is 0 Å². The van der Waals surface area contributed by atoms with Crippen molar-refractivity contribution in [2.75, 3.05) is 51.8 Å². The molecule has 1 fully saturated rings. The Morgan fingerprint density at radius 3 is 2.44 bits per heavy atom. The fraction of sp³-hybridized carbons (Fsp3) is 1.00. The summed E-state index contributed by atoms with van der Waals surface area (Å²) in [5.41, 5.74) is 0. The second-order valence-corrected chi connectivity index (χ2v) is 4.81. The van der Waals surface area contributed by atoms with Crippen LogP contribution in [0.15, 0.2) is 0 Å². The van der Waals surface area contributed by atoms with Gasteiger partial charge in [-0.2, -0.15) is 0 Å². The molecule has 0 N–H and O–H groups in total. The van der Waals surface area contributed by atoms with Crippen molar-refractivity contribution < 1.29 is 4.74 Å². The molecule has 96 valence electrons. The summed E-state index contributed by atoms with van der Waals surface area (Å²) in [6.45, 7) is 11.9. The lowest BCUT2D eigenvalue weighted by atomic mass is 10.2. The van der Waals surface area contributed by atoms with Crippen molar-refractivity contribution in [1.29, 1.82) is 0 Å². The average Bonchev–Trinajstić information content (AvgIpc) is 2.34. The molecule has 4 heteroatoms. The highest BCUT2D eigenvalue weighted by Crippen LogP contribution is 2.08. The van der Waals surface area contributed by atoms with Gasteiger partial charge >= 0.3 is 0 Å². The Kier molecular flexibility index (Phi) is 7.37. The first kappa shape index (κ1) is 14.2. The fourth-order valence-electron chi connectivity index (χ4n) is 2.04. The summed E-state index contributed by atoms with van der Waals surface area (Å²) in [7, 11) is 0. The van der Waals surface area contributed by atoms with Crippen LogP contribution in [0.5, 0.6) is 0 Å². The van der Waals surface area contributed by atoms with Crippen molar-refractivity contribution >= 4 is 11.6 Å². The van der Waals surface area contributed by atoms with Gasteiger partial charge in [0.25, 0.3) is 0 Å². The molecule has 1 saturated heterocycles. The van der Waals surface area contributed by atoms with Gasteiger partial charge in [-0.25, -0.2) is 0 Å². The summed E-state index contributed by atoms with van der Waals surface area (Å²) in [5, 5.41) is 0. The van der Waals surface area contributed by atoms with E-state index in [1.54, 1.807) is 0 Å². The number of nitrogens with zero attached hydrogens (tertiary/aromatic N) is 2. The van der Waals surface area contributed by atoms with E-state index in [4.69, 9.17) is 16.3 Å². The maximum atomic E-state index is 5.55. The van der Waals surface area contributed by atoms with E-state index in [0.717, 1.165) is 19.2 Å². The van der Waals surface area contributed by atoms with E-state index in [0.29, 0.717) is 12.5 Å². The Morgan fingerprint density at radius 1 is 1.19 bits per heavy atom. The van der Waals surface area contributed by atoms with Crippen molar-refractivity contribution in [3.63, 3.8) is 0 Å². The highest BCUT2D eigenvalue weighted by Gasteiger charge is 2.19. The molecule has 16 heavy (non-hydrogen) atoms. The Balaban J connectivity index is 2.07. The highest BCUT2D eigenvalue weighted by molar-refractivity contribution is 6.17. The van der Waals surface area contributed by atoms with Gasteiger partial charge in [-0.15, -0.1) is 11.6 Å². The van der Waals surface area contributed by atoms with Gasteiger partial charge in [-0.1, -0.05) is 6.92 Å². The zero-order chi connectivity index (χ0) is 11.8. The van der Waals surface area contributed by atoms with E-state index >= 15 is 0 Å². The molecule has 1 atom stereocenters. The van der Waals surface area contributed by atoms with Crippen molar-refractivity contribution in [1.82, 2.24) is 9.80 Å². The van der Waals surface area contributed by atoms with Crippen molar-refractivity contribution in [3.05, 3.63) is 0 Å². The van der Waals surface area contributed by atoms with Crippen molar-refractivity contribution in [2.45, 2.75) is 26.3 Å². The predicted molar refractivity (Wildman–Crippen MR) is 69.3 cm³/mol. The van der Waals surface area contributed by atoms with Gasteiger partial charge in [0.2, 0.25) is 0 Å². The molecule has 0 radical (unpaired) electrons. The Hall–Kier alpha value is 0.170. The third-order valence-corrected chi connectivity index (χ3v) is 3.55. The summed E-state index contributed by atoms with van der Waals surface area (Å²) in [6.07, 6.45) is 1.25. The van der Waals surface area contributed by atoms with Crippen LogP contribution in [-0.4, -0.2) is 67.7 Å². The maximum Gasteiger partial charge on any atom is 0.0602 e. The first-order chi connectivity index (χ1) is 7.77. The number of halogens is 1. The standard InChI is InChI=1S/C12H25ClN2O/c1-3-12(2)15-7-5-14(6-8-15)9-11-16-10-4-13/h12H,3-11H2,1-2H3. The Labute approximate surface area is 105 Å². The molecule has 1 heterocycles. The maximum absolute atomic E-state index is 5.55. The molecule has 0 aromatic rings. The molecule has 0 aliphatic carbocycles. The van der Waals surface area contributed by atoms with Crippen LogP contribution < -0.4 is 0 Å². The van der Waals surface area contributed by atoms with E-state index in [2.05, 4.69) is 23.6 Å². The molecule has 1 aliphatic rings. The fourth-order valence-corrected chi connectivity index (χ4v) is 2.15. The monoisotopic (exact) mass is 248 g/mol.